The number of hydrogen-bond acceptors (Lipinski definition) is 4. The number of rotatable bonds is 6. The van der Waals surface area contributed by atoms with Crippen molar-refractivity contribution in [3.05, 3.63) is 41.6 Å². The van der Waals surface area contributed by atoms with E-state index in [1.165, 1.54) is 5.56 Å². The minimum atomic E-state index is 0.671. The average molecular weight is 270 g/mol. The standard InChI is InChI=1S/C16H22N4/c1-3-13-5-7-14(8-6-13)15-11-12(2)19-16(20-15)18-10-4-9-17/h5-8,11H,3-4,9-10,17H2,1-2H3,(H,18,19,20). The van der Waals surface area contributed by atoms with Crippen LogP contribution in [0, 0.1) is 6.92 Å². The van der Waals surface area contributed by atoms with Gasteiger partial charge in [-0.05, 0) is 37.9 Å². The zero-order valence-electron chi connectivity index (χ0n) is 12.2. The molecule has 2 aromatic rings. The molecule has 0 radical (unpaired) electrons. The molecule has 4 heteroatoms. The summed E-state index contributed by atoms with van der Waals surface area (Å²) in [6, 6.07) is 10.5. The zero-order valence-corrected chi connectivity index (χ0v) is 12.2. The lowest BCUT2D eigenvalue weighted by atomic mass is 10.1. The van der Waals surface area contributed by atoms with Gasteiger partial charge in [-0.1, -0.05) is 31.2 Å². The Labute approximate surface area is 120 Å². The molecule has 0 aliphatic carbocycles. The topological polar surface area (TPSA) is 63.8 Å². The van der Waals surface area contributed by atoms with Gasteiger partial charge in [0.2, 0.25) is 5.95 Å². The van der Waals surface area contributed by atoms with E-state index in [4.69, 9.17) is 5.73 Å². The van der Waals surface area contributed by atoms with Crippen LogP contribution < -0.4 is 11.1 Å². The van der Waals surface area contributed by atoms with Gasteiger partial charge in [-0.15, -0.1) is 0 Å². The molecule has 1 aromatic carbocycles. The minimum Gasteiger partial charge on any atom is -0.354 e. The summed E-state index contributed by atoms with van der Waals surface area (Å²) in [4.78, 5) is 8.97. The molecule has 1 heterocycles. The van der Waals surface area contributed by atoms with Crippen LogP contribution in [0.5, 0.6) is 0 Å². The Bertz CT molecular complexity index is 549. The highest BCUT2D eigenvalue weighted by Crippen LogP contribution is 2.20. The Morgan fingerprint density at radius 3 is 2.55 bits per heavy atom. The molecule has 106 valence electrons. The molecule has 0 bridgehead atoms. The van der Waals surface area contributed by atoms with Gasteiger partial charge in [0.1, 0.15) is 0 Å². The van der Waals surface area contributed by atoms with Crippen molar-refractivity contribution in [1.29, 1.82) is 0 Å². The molecule has 0 fully saturated rings. The van der Waals surface area contributed by atoms with Crippen LogP contribution in [-0.4, -0.2) is 23.1 Å². The third kappa shape index (κ3) is 3.78. The Morgan fingerprint density at radius 2 is 1.90 bits per heavy atom. The van der Waals surface area contributed by atoms with Crippen LogP contribution in [-0.2, 0) is 6.42 Å². The Hall–Kier alpha value is -1.94. The van der Waals surface area contributed by atoms with Gasteiger partial charge in [-0.2, -0.15) is 0 Å². The fourth-order valence-corrected chi connectivity index (χ4v) is 2.01. The number of nitrogens with two attached hydrogens (primary N) is 1. The summed E-state index contributed by atoms with van der Waals surface area (Å²) in [6.45, 7) is 5.61. The lowest BCUT2D eigenvalue weighted by molar-refractivity contribution is 0.862. The number of nitrogens with zero attached hydrogens (tertiary/aromatic N) is 2. The smallest absolute Gasteiger partial charge is 0.223 e. The third-order valence-electron chi connectivity index (χ3n) is 3.18. The Kier molecular flexibility index (Phi) is 5.07. The maximum atomic E-state index is 5.49. The summed E-state index contributed by atoms with van der Waals surface area (Å²) < 4.78 is 0. The minimum absolute atomic E-state index is 0.671. The fourth-order valence-electron chi connectivity index (χ4n) is 2.01. The van der Waals surface area contributed by atoms with E-state index in [0.29, 0.717) is 12.5 Å². The first kappa shape index (κ1) is 14.5. The molecule has 0 spiro atoms. The number of aryl methyl sites for hydroxylation is 2. The van der Waals surface area contributed by atoms with Crippen molar-refractivity contribution < 1.29 is 0 Å². The fraction of sp³-hybridized carbons (Fsp3) is 0.375. The normalized spacial score (nSPS) is 10.6. The second kappa shape index (κ2) is 7.01. The van der Waals surface area contributed by atoms with Crippen molar-refractivity contribution in [1.82, 2.24) is 9.97 Å². The molecule has 1 aromatic heterocycles. The van der Waals surface area contributed by atoms with Gasteiger partial charge in [0.05, 0.1) is 5.69 Å². The maximum absolute atomic E-state index is 5.49. The van der Waals surface area contributed by atoms with Crippen molar-refractivity contribution in [3.63, 3.8) is 0 Å². The van der Waals surface area contributed by atoms with Gasteiger partial charge in [0.25, 0.3) is 0 Å². The molecule has 4 nitrogen and oxygen atoms in total. The Balaban J connectivity index is 2.21. The summed E-state index contributed by atoms with van der Waals surface area (Å²) in [5.41, 5.74) is 9.86. The first-order chi connectivity index (χ1) is 9.72. The maximum Gasteiger partial charge on any atom is 0.223 e. The SMILES string of the molecule is CCc1ccc(-c2cc(C)nc(NCCCN)n2)cc1. The molecular weight excluding hydrogens is 248 g/mol. The number of nitrogens with one attached hydrogen (secondary N) is 1. The van der Waals surface area contributed by atoms with Crippen molar-refractivity contribution in [2.45, 2.75) is 26.7 Å². The second-order valence-corrected chi connectivity index (χ2v) is 4.84. The third-order valence-corrected chi connectivity index (χ3v) is 3.18. The van der Waals surface area contributed by atoms with Crippen LogP contribution in [0.15, 0.2) is 30.3 Å². The number of benzene rings is 1. The first-order valence-electron chi connectivity index (χ1n) is 7.12. The van der Waals surface area contributed by atoms with Gasteiger partial charge in [0, 0.05) is 17.8 Å². The van der Waals surface area contributed by atoms with Gasteiger partial charge in [0.15, 0.2) is 0 Å². The average Bonchev–Trinajstić information content (AvgIpc) is 2.47. The highest BCUT2D eigenvalue weighted by Gasteiger charge is 2.04. The van der Waals surface area contributed by atoms with Gasteiger partial charge >= 0.3 is 0 Å². The predicted molar refractivity (Wildman–Crippen MR) is 83.7 cm³/mol. The summed E-state index contributed by atoms with van der Waals surface area (Å²) >= 11 is 0. The predicted octanol–water partition coefficient (Wildman–Crippen LogP) is 2.78. The van der Waals surface area contributed by atoms with Gasteiger partial charge < -0.3 is 11.1 Å². The molecular formula is C16H22N4. The number of aromatic nitrogens is 2. The molecule has 2 rings (SSSR count). The Morgan fingerprint density at radius 1 is 1.15 bits per heavy atom. The van der Waals surface area contributed by atoms with Crippen molar-refractivity contribution in [2.75, 3.05) is 18.4 Å². The molecule has 0 aliphatic rings. The van der Waals surface area contributed by atoms with Crippen LogP contribution in [0.1, 0.15) is 24.6 Å². The highest BCUT2D eigenvalue weighted by molar-refractivity contribution is 5.61. The molecule has 0 atom stereocenters. The molecule has 0 aliphatic heterocycles. The number of hydrogen-bond donors (Lipinski definition) is 2. The van der Waals surface area contributed by atoms with E-state index in [1.54, 1.807) is 0 Å². The molecule has 0 amide bonds. The van der Waals surface area contributed by atoms with Crippen molar-refractivity contribution >= 4 is 5.95 Å². The van der Waals surface area contributed by atoms with E-state index in [9.17, 15) is 0 Å². The van der Waals surface area contributed by atoms with E-state index in [1.807, 2.05) is 13.0 Å². The van der Waals surface area contributed by atoms with E-state index >= 15 is 0 Å². The van der Waals surface area contributed by atoms with Crippen LogP contribution in [0.4, 0.5) is 5.95 Å². The molecule has 20 heavy (non-hydrogen) atoms. The van der Waals surface area contributed by atoms with Gasteiger partial charge in [-0.3, -0.25) is 0 Å². The molecule has 0 saturated carbocycles. The largest absolute Gasteiger partial charge is 0.354 e. The van der Waals surface area contributed by atoms with Crippen molar-refractivity contribution in [2.24, 2.45) is 5.73 Å². The van der Waals surface area contributed by atoms with E-state index in [2.05, 4.69) is 46.5 Å². The second-order valence-electron chi connectivity index (χ2n) is 4.84. The summed E-state index contributed by atoms with van der Waals surface area (Å²) in [7, 11) is 0. The van der Waals surface area contributed by atoms with Gasteiger partial charge in [-0.25, -0.2) is 9.97 Å². The molecule has 0 saturated heterocycles. The quantitative estimate of drug-likeness (QED) is 0.792. The molecule has 3 N–H and O–H groups in total. The summed E-state index contributed by atoms with van der Waals surface area (Å²) in [5, 5.41) is 3.22. The van der Waals surface area contributed by atoms with E-state index in [-0.39, 0.29) is 0 Å². The lowest BCUT2D eigenvalue weighted by Crippen LogP contribution is -2.11. The van der Waals surface area contributed by atoms with E-state index in [0.717, 1.165) is 36.3 Å². The van der Waals surface area contributed by atoms with Crippen molar-refractivity contribution in [3.8, 4) is 11.3 Å². The van der Waals surface area contributed by atoms with E-state index < -0.39 is 0 Å². The molecule has 0 unspecified atom stereocenters. The van der Waals surface area contributed by atoms with Crippen LogP contribution in [0.3, 0.4) is 0 Å². The van der Waals surface area contributed by atoms with Crippen LogP contribution in [0.2, 0.25) is 0 Å². The highest BCUT2D eigenvalue weighted by atomic mass is 15.1. The summed E-state index contributed by atoms with van der Waals surface area (Å²) in [6.07, 6.45) is 1.97. The van der Waals surface area contributed by atoms with Crippen LogP contribution in [0.25, 0.3) is 11.3 Å². The first-order valence-corrected chi connectivity index (χ1v) is 7.12. The van der Waals surface area contributed by atoms with Crippen LogP contribution >= 0.6 is 0 Å². The monoisotopic (exact) mass is 270 g/mol. The zero-order chi connectivity index (χ0) is 14.4. The number of anilines is 1. The summed E-state index contributed by atoms with van der Waals surface area (Å²) in [5.74, 6) is 0.674. The lowest BCUT2D eigenvalue weighted by Gasteiger charge is -2.08.